The van der Waals surface area contributed by atoms with Crippen molar-refractivity contribution in [2.45, 2.75) is 26.4 Å². The van der Waals surface area contributed by atoms with Crippen LogP contribution < -0.4 is 5.32 Å². The number of furan rings is 1. The lowest BCUT2D eigenvalue weighted by Crippen LogP contribution is -2.29. The van der Waals surface area contributed by atoms with Crippen molar-refractivity contribution in [1.82, 2.24) is 5.32 Å². The van der Waals surface area contributed by atoms with Crippen molar-refractivity contribution in [3.63, 3.8) is 0 Å². The molecule has 1 atom stereocenters. The molecule has 1 aromatic heterocycles. The minimum Gasteiger partial charge on any atom is -0.468 e. The van der Waals surface area contributed by atoms with Crippen molar-refractivity contribution in [3.05, 3.63) is 24.2 Å². The first-order chi connectivity index (χ1) is 6.33. The van der Waals surface area contributed by atoms with E-state index < -0.39 is 0 Å². The zero-order valence-electron chi connectivity index (χ0n) is 8.25. The Morgan fingerprint density at radius 1 is 1.62 bits per heavy atom. The minimum atomic E-state index is 0.366. The highest BCUT2D eigenvalue weighted by molar-refractivity contribution is 4.97. The molecule has 1 N–H and O–H groups in total. The summed E-state index contributed by atoms with van der Waals surface area (Å²) in [6.45, 7) is 6.38. The van der Waals surface area contributed by atoms with Gasteiger partial charge >= 0.3 is 0 Å². The molecule has 1 heterocycles. The van der Waals surface area contributed by atoms with Gasteiger partial charge in [0, 0.05) is 12.6 Å². The fourth-order valence-electron chi connectivity index (χ4n) is 1.04. The van der Waals surface area contributed by atoms with Gasteiger partial charge in [0.2, 0.25) is 0 Å². The topological polar surface area (TPSA) is 34.4 Å². The van der Waals surface area contributed by atoms with E-state index >= 15 is 0 Å². The Labute approximate surface area is 79.1 Å². The van der Waals surface area contributed by atoms with E-state index in [-0.39, 0.29) is 0 Å². The first-order valence-corrected chi connectivity index (χ1v) is 4.66. The molecule has 1 aromatic rings. The van der Waals surface area contributed by atoms with E-state index in [1.807, 2.05) is 19.1 Å². The van der Waals surface area contributed by atoms with Gasteiger partial charge in [0.05, 0.1) is 19.4 Å². The van der Waals surface area contributed by atoms with E-state index in [1.165, 1.54) is 0 Å². The van der Waals surface area contributed by atoms with E-state index in [0.717, 1.165) is 25.5 Å². The van der Waals surface area contributed by atoms with Crippen molar-refractivity contribution < 1.29 is 9.15 Å². The average Bonchev–Trinajstić information content (AvgIpc) is 2.64. The molecular weight excluding hydrogens is 166 g/mol. The van der Waals surface area contributed by atoms with Gasteiger partial charge < -0.3 is 14.5 Å². The second kappa shape index (κ2) is 5.78. The maximum absolute atomic E-state index is 5.27. The SMILES string of the molecule is CCOCC(C)NCc1ccco1. The summed E-state index contributed by atoms with van der Waals surface area (Å²) in [7, 11) is 0. The summed E-state index contributed by atoms with van der Waals surface area (Å²) in [6.07, 6.45) is 1.68. The van der Waals surface area contributed by atoms with Crippen molar-refractivity contribution >= 4 is 0 Å². The lowest BCUT2D eigenvalue weighted by atomic mass is 10.3. The van der Waals surface area contributed by atoms with E-state index in [0.29, 0.717) is 6.04 Å². The average molecular weight is 183 g/mol. The van der Waals surface area contributed by atoms with Crippen LogP contribution in [0, 0.1) is 0 Å². The molecule has 0 aliphatic carbocycles. The van der Waals surface area contributed by atoms with Crippen LogP contribution in [0.4, 0.5) is 0 Å². The summed E-state index contributed by atoms with van der Waals surface area (Å²) in [5.41, 5.74) is 0. The molecular formula is C10H17NO2. The number of hydrogen-bond acceptors (Lipinski definition) is 3. The predicted octanol–water partition coefficient (Wildman–Crippen LogP) is 1.79. The monoisotopic (exact) mass is 183 g/mol. The summed E-state index contributed by atoms with van der Waals surface area (Å²) >= 11 is 0. The number of nitrogens with one attached hydrogen (secondary N) is 1. The van der Waals surface area contributed by atoms with Crippen molar-refractivity contribution in [1.29, 1.82) is 0 Å². The van der Waals surface area contributed by atoms with Crippen LogP contribution in [-0.4, -0.2) is 19.3 Å². The van der Waals surface area contributed by atoms with Crippen molar-refractivity contribution in [2.75, 3.05) is 13.2 Å². The fraction of sp³-hybridized carbons (Fsp3) is 0.600. The van der Waals surface area contributed by atoms with E-state index in [2.05, 4.69) is 12.2 Å². The molecule has 0 radical (unpaired) electrons. The van der Waals surface area contributed by atoms with Gasteiger partial charge in [-0.25, -0.2) is 0 Å². The van der Waals surface area contributed by atoms with Gasteiger partial charge in [0.1, 0.15) is 5.76 Å². The van der Waals surface area contributed by atoms with E-state index in [1.54, 1.807) is 6.26 Å². The first kappa shape index (κ1) is 10.3. The molecule has 0 bridgehead atoms. The highest BCUT2D eigenvalue weighted by Gasteiger charge is 2.01. The van der Waals surface area contributed by atoms with Gasteiger partial charge in [-0.3, -0.25) is 0 Å². The van der Waals surface area contributed by atoms with Crippen LogP contribution in [-0.2, 0) is 11.3 Å². The fourth-order valence-corrected chi connectivity index (χ4v) is 1.04. The molecule has 0 amide bonds. The maximum atomic E-state index is 5.27. The zero-order valence-corrected chi connectivity index (χ0v) is 8.25. The van der Waals surface area contributed by atoms with Crippen LogP contribution in [0.1, 0.15) is 19.6 Å². The second-order valence-corrected chi connectivity index (χ2v) is 3.02. The molecule has 13 heavy (non-hydrogen) atoms. The maximum Gasteiger partial charge on any atom is 0.117 e. The largest absolute Gasteiger partial charge is 0.468 e. The van der Waals surface area contributed by atoms with Crippen molar-refractivity contribution in [2.24, 2.45) is 0 Å². The Morgan fingerprint density at radius 3 is 3.08 bits per heavy atom. The van der Waals surface area contributed by atoms with Gasteiger partial charge in [0.15, 0.2) is 0 Å². The standard InChI is InChI=1S/C10H17NO2/c1-3-12-8-9(2)11-7-10-5-4-6-13-10/h4-6,9,11H,3,7-8H2,1-2H3. The van der Waals surface area contributed by atoms with Gasteiger partial charge in [-0.05, 0) is 26.0 Å². The Kier molecular flexibility index (Phi) is 4.57. The van der Waals surface area contributed by atoms with Gasteiger partial charge in [-0.2, -0.15) is 0 Å². The van der Waals surface area contributed by atoms with Gasteiger partial charge in [-0.1, -0.05) is 0 Å². The molecule has 0 fully saturated rings. The smallest absolute Gasteiger partial charge is 0.117 e. The first-order valence-electron chi connectivity index (χ1n) is 4.66. The second-order valence-electron chi connectivity index (χ2n) is 3.02. The Bertz CT molecular complexity index is 209. The molecule has 3 nitrogen and oxygen atoms in total. The Hall–Kier alpha value is -0.800. The highest BCUT2D eigenvalue weighted by atomic mass is 16.5. The van der Waals surface area contributed by atoms with Crippen LogP contribution in [0.5, 0.6) is 0 Å². The Balaban J connectivity index is 2.11. The van der Waals surface area contributed by atoms with Crippen LogP contribution >= 0.6 is 0 Å². The molecule has 1 unspecified atom stereocenters. The summed E-state index contributed by atoms with van der Waals surface area (Å²) in [4.78, 5) is 0. The lowest BCUT2D eigenvalue weighted by molar-refractivity contribution is 0.126. The lowest BCUT2D eigenvalue weighted by Gasteiger charge is -2.11. The normalized spacial score (nSPS) is 13.1. The molecule has 0 aliphatic rings. The molecule has 1 rings (SSSR count). The zero-order chi connectivity index (χ0) is 9.52. The van der Waals surface area contributed by atoms with Gasteiger partial charge in [0.25, 0.3) is 0 Å². The molecule has 0 aromatic carbocycles. The molecule has 74 valence electrons. The van der Waals surface area contributed by atoms with Crippen molar-refractivity contribution in [3.8, 4) is 0 Å². The molecule has 3 heteroatoms. The quantitative estimate of drug-likeness (QED) is 0.730. The predicted molar refractivity (Wildman–Crippen MR) is 51.5 cm³/mol. The van der Waals surface area contributed by atoms with Crippen LogP contribution in [0.2, 0.25) is 0 Å². The molecule has 0 spiro atoms. The summed E-state index contributed by atoms with van der Waals surface area (Å²) in [5.74, 6) is 0.961. The Morgan fingerprint density at radius 2 is 2.46 bits per heavy atom. The third-order valence-corrected chi connectivity index (χ3v) is 1.78. The van der Waals surface area contributed by atoms with E-state index in [4.69, 9.17) is 9.15 Å². The number of rotatable bonds is 6. The summed E-state index contributed by atoms with van der Waals surface area (Å²) in [6, 6.07) is 4.22. The van der Waals surface area contributed by atoms with Crippen LogP contribution in [0.15, 0.2) is 22.8 Å². The number of ether oxygens (including phenoxy) is 1. The summed E-state index contributed by atoms with van der Waals surface area (Å²) in [5, 5.41) is 3.30. The van der Waals surface area contributed by atoms with Crippen LogP contribution in [0.3, 0.4) is 0 Å². The third-order valence-electron chi connectivity index (χ3n) is 1.78. The minimum absolute atomic E-state index is 0.366. The third kappa shape index (κ3) is 4.10. The molecule has 0 saturated carbocycles. The highest BCUT2D eigenvalue weighted by Crippen LogP contribution is 1.99. The van der Waals surface area contributed by atoms with Gasteiger partial charge in [-0.15, -0.1) is 0 Å². The molecule has 0 aliphatic heterocycles. The molecule has 0 saturated heterocycles. The van der Waals surface area contributed by atoms with Crippen LogP contribution in [0.25, 0.3) is 0 Å². The van der Waals surface area contributed by atoms with E-state index in [9.17, 15) is 0 Å². The summed E-state index contributed by atoms with van der Waals surface area (Å²) < 4.78 is 10.5. The number of hydrogen-bond donors (Lipinski definition) is 1.